The smallest absolute Gasteiger partial charge is 0.225 e. The summed E-state index contributed by atoms with van der Waals surface area (Å²) in [4.78, 5) is 13.1. The van der Waals surface area contributed by atoms with Crippen LogP contribution in [0.25, 0.3) is 0 Å². The normalized spacial score (nSPS) is 23.2. The minimum absolute atomic E-state index is 0. The SMILES string of the molecule is CN(C)c1nccc(CN2CCC(C)(CN)C2)n1.Cl. The minimum Gasteiger partial charge on any atom is -0.347 e. The van der Waals surface area contributed by atoms with E-state index in [2.05, 4.69) is 21.8 Å². The van der Waals surface area contributed by atoms with Gasteiger partial charge in [0.25, 0.3) is 0 Å². The third kappa shape index (κ3) is 4.03. The summed E-state index contributed by atoms with van der Waals surface area (Å²) >= 11 is 0. The van der Waals surface area contributed by atoms with E-state index in [1.54, 1.807) is 0 Å². The summed E-state index contributed by atoms with van der Waals surface area (Å²) in [5, 5.41) is 0. The summed E-state index contributed by atoms with van der Waals surface area (Å²) in [6.07, 6.45) is 3.00. The molecule has 1 aromatic rings. The average molecular weight is 286 g/mol. The maximum atomic E-state index is 5.83. The first-order valence-electron chi connectivity index (χ1n) is 6.44. The Balaban J connectivity index is 0.00000180. The molecule has 0 bridgehead atoms. The third-order valence-corrected chi connectivity index (χ3v) is 3.62. The van der Waals surface area contributed by atoms with Crippen LogP contribution in [-0.4, -0.2) is 48.6 Å². The van der Waals surface area contributed by atoms with Gasteiger partial charge in [-0.05, 0) is 31.0 Å². The lowest BCUT2D eigenvalue weighted by atomic mass is 9.90. The Morgan fingerprint density at radius 1 is 1.47 bits per heavy atom. The van der Waals surface area contributed by atoms with E-state index in [1.165, 1.54) is 6.42 Å². The van der Waals surface area contributed by atoms with Crippen LogP contribution in [-0.2, 0) is 6.54 Å². The number of nitrogens with zero attached hydrogens (tertiary/aromatic N) is 4. The molecule has 6 heteroatoms. The second-order valence-corrected chi connectivity index (χ2v) is 5.72. The van der Waals surface area contributed by atoms with Gasteiger partial charge in [-0.1, -0.05) is 6.92 Å². The molecular weight excluding hydrogens is 262 g/mol. The molecule has 2 N–H and O–H groups in total. The van der Waals surface area contributed by atoms with E-state index >= 15 is 0 Å². The topological polar surface area (TPSA) is 58.3 Å². The number of hydrogen-bond donors (Lipinski definition) is 1. The highest BCUT2D eigenvalue weighted by molar-refractivity contribution is 5.85. The Kier molecular flexibility index (Phi) is 5.52. The van der Waals surface area contributed by atoms with Gasteiger partial charge < -0.3 is 10.6 Å². The highest BCUT2D eigenvalue weighted by Gasteiger charge is 2.32. The molecule has 0 radical (unpaired) electrons. The Hall–Kier alpha value is -0.910. The maximum absolute atomic E-state index is 5.83. The summed E-state index contributed by atoms with van der Waals surface area (Å²) < 4.78 is 0. The number of likely N-dealkylation sites (tertiary alicyclic amines) is 1. The monoisotopic (exact) mass is 285 g/mol. The molecule has 2 rings (SSSR count). The molecular formula is C13H24ClN5. The van der Waals surface area contributed by atoms with Gasteiger partial charge in [-0.15, -0.1) is 12.4 Å². The van der Waals surface area contributed by atoms with E-state index in [9.17, 15) is 0 Å². The van der Waals surface area contributed by atoms with Crippen molar-refractivity contribution in [3.05, 3.63) is 18.0 Å². The van der Waals surface area contributed by atoms with Crippen LogP contribution < -0.4 is 10.6 Å². The zero-order chi connectivity index (χ0) is 13.2. The van der Waals surface area contributed by atoms with Crippen LogP contribution in [0.3, 0.4) is 0 Å². The number of anilines is 1. The van der Waals surface area contributed by atoms with Gasteiger partial charge in [0.1, 0.15) is 0 Å². The van der Waals surface area contributed by atoms with Crippen molar-refractivity contribution in [3.63, 3.8) is 0 Å². The minimum atomic E-state index is 0. The summed E-state index contributed by atoms with van der Waals surface area (Å²) in [5.74, 6) is 0.772. The predicted octanol–water partition coefficient (Wildman–Crippen LogP) is 1.14. The summed E-state index contributed by atoms with van der Waals surface area (Å²) in [6, 6.07) is 1.99. The van der Waals surface area contributed by atoms with E-state index in [-0.39, 0.29) is 17.8 Å². The molecule has 0 aromatic carbocycles. The van der Waals surface area contributed by atoms with Crippen LogP contribution in [0.2, 0.25) is 0 Å². The van der Waals surface area contributed by atoms with Gasteiger partial charge >= 0.3 is 0 Å². The molecule has 1 fully saturated rings. The van der Waals surface area contributed by atoms with Crippen LogP contribution in [0.5, 0.6) is 0 Å². The fourth-order valence-corrected chi connectivity index (χ4v) is 2.34. The highest BCUT2D eigenvalue weighted by Crippen LogP contribution is 2.29. The second-order valence-electron chi connectivity index (χ2n) is 5.72. The van der Waals surface area contributed by atoms with Gasteiger partial charge in [0.05, 0.1) is 5.69 Å². The lowest BCUT2D eigenvalue weighted by Crippen LogP contribution is -2.31. The number of aromatic nitrogens is 2. The summed E-state index contributed by atoms with van der Waals surface area (Å²) in [5.41, 5.74) is 7.18. The molecule has 0 amide bonds. The molecule has 0 saturated carbocycles. The van der Waals surface area contributed by atoms with Gasteiger partial charge in [-0.3, -0.25) is 4.90 Å². The van der Waals surface area contributed by atoms with E-state index in [1.807, 2.05) is 31.3 Å². The molecule has 1 aliphatic rings. The lowest BCUT2D eigenvalue weighted by Gasteiger charge is -2.22. The lowest BCUT2D eigenvalue weighted by molar-refractivity contribution is 0.272. The van der Waals surface area contributed by atoms with Gasteiger partial charge in [-0.25, -0.2) is 9.97 Å². The molecule has 1 unspecified atom stereocenters. The van der Waals surface area contributed by atoms with Crippen molar-refractivity contribution in [2.45, 2.75) is 19.9 Å². The van der Waals surface area contributed by atoms with Gasteiger partial charge in [0, 0.05) is 33.4 Å². The van der Waals surface area contributed by atoms with E-state index in [0.717, 1.165) is 37.8 Å². The van der Waals surface area contributed by atoms with Crippen LogP contribution >= 0.6 is 12.4 Å². The van der Waals surface area contributed by atoms with Crippen LogP contribution in [0.15, 0.2) is 12.3 Å². The van der Waals surface area contributed by atoms with Crippen molar-refractivity contribution in [1.29, 1.82) is 0 Å². The molecule has 19 heavy (non-hydrogen) atoms. The van der Waals surface area contributed by atoms with Crippen molar-refractivity contribution in [2.24, 2.45) is 11.1 Å². The number of rotatable bonds is 4. The Morgan fingerprint density at radius 3 is 2.79 bits per heavy atom. The Labute approximate surface area is 121 Å². The van der Waals surface area contributed by atoms with Crippen molar-refractivity contribution >= 4 is 18.4 Å². The molecule has 5 nitrogen and oxygen atoms in total. The first-order chi connectivity index (χ1) is 8.52. The van der Waals surface area contributed by atoms with Crippen molar-refractivity contribution in [3.8, 4) is 0 Å². The van der Waals surface area contributed by atoms with Crippen molar-refractivity contribution < 1.29 is 0 Å². The summed E-state index contributed by atoms with van der Waals surface area (Å²) in [7, 11) is 3.92. The van der Waals surface area contributed by atoms with Gasteiger partial charge in [0.2, 0.25) is 5.95 Å². The molecule has 1 saturated heterocycles. The third-order valence-electron chi connectivity index (χ3n) is 3.62. The van der Waals surface area contributed by atoms with Crippen LogP contribution in [0.4, 0.5) is 5.95 Å². The predicted molar refractivity (Wildman–Crippen MR) is 80.7 cm³/mol. The average Bonchev–Trinajstić information content (AvgIpc) is 2.72. The van der Waals surface area contributed by atoms with Gasteiger partial charge in [-0.2, -0.15) is 0 Å². The first-order valence-corrected chi connectivity index (χ1v) is 6.44. The molecule has 2 heterocycles. The molecule has 108 valence electrons. The fourth-order valence-electron chi connectivity index (χ4n) is 2.34. The van der Waals surface area contributed by atoms with Crippen LogP contribution in [0, 0.1) is 5.41 Å². The van der Waals surface area contributed by atoms with Crippen LogP contribution in [0.1, 0.15) is 19.0 Å². The molecule has 0 aliphatic carbocycles. The Morgan fingerprint density at radius 2 is 2.21 bits per heavy atom. The zero-order valence-electron chi connectivity index (χ0n) is 12.0. The standard InChI is InChI=1S/C13H23N5.ClH/c1-13(9-14)5-7-18(10-13)8-11-4-6-15-12(16-11)17(2)3;/h4,6H,5,7-10,14H2,1-3H3;1H. The number of hydrogen-bond acceptors (Lipinski definition) is 5. The highest BCUT2D eigenvalue weighted by atomic mass is 35.5. The number of halogens is 1. The second kappa shape index (κ2) is 6.50. The first kappa shape index (κ1) is 16.1. The van der Waals surface area contributed by atoms with Crippen molar-refractivity contribution in [1.82, 2.24) is 14.9 Å². The quantitative estimate of drug-likeness (QED) is 0.899. The van der Waals surface area contributed by atoms with E-state index in [0.29, 0.717) is 0 Å². The number of nitrogens with two attached hydrogens (primary N) is 1. The zero-order valence-corrected chi connectivity index (χ0v) is 12.8. The summed E-state index contributed by atoms with van der Waals surface area (Å²) in [6.45, 7) is 6.08. The van der Waals surface area contributed by atoms with E-state index in [4.69, 9.17) is 5.73 Å². The maximum Gasteiger partial charge on any atom is 0.225 e. The van der Waals surface area contributed by atoms with Gasteiger partial charge in [0.15, 0.2) is 0 Å². The largest absolute Gasteiger partial charge is 0.347 e. The van der Waals surface area contributed by atoms with E-state index < -0.39 is 0 Å². The molecule has 0 spiro atoms. The van der Waals surface area contributed by atoms with Crippen molar-refractivity contribution in [2.75, 3.05) is 38.6 Å². The molecule has 1 aromatic heterocycles. The molecule has 1 atom stereocenters. The fraction of sp³-hybridized carbons (Fsp3) is 0.692. The molecule has 1 aliphatic heterocycles. The Bertz CT molecular complexity index is 412.